The number of sulfonamides is 1. The zero-order valence-electron chi connectivity index (χ0n) is 13.7. The number of carbonyl (C=O) groups is 1. The minimum absolute atomic E-state index is 0.0650. The SMILES string of the molecule is Cc1cc[n+](CC(=O)Nc2cc(S(=O)(=O)N(C)C)ccc2Cl)cc1. The first-order valence-corrected chi connectivity index (χ1v) is 8.99. The van der Waals surface area contributed by atoms with E-state index in [0.717, 1.165) is 9.87 Å². The van der Waals surface area contributed by atoms with Gasteiger partial charge < -0.3 is 5.32 Å². The Balaban J connectivity index is 2.20. The van der Waals surface area contributed by atoms with Crippen LogP contribution in [0, 0.1) is 6.92 Å². The van der Waals surface area contributed by atoms with E-state index in [9.17, 15) is 13.2 Å². The molecular formula is C16H19ClN3O3S+. The second-order valence-electron chi connectivity index (χ2n) is 5.53. The smallest absolute Gasteiger partial charge is 0.290 e. The summed E-state index contributed by atoms with van der Waals surface area (Å²) in [6.07, 6.45) is 3.59. The van der Waals surface area contributed by atoms with Crippen LogP contribution < -0.4 is 9.88 Å². The number of aryl methyl sites for hydroxylation is 1. The van der Waals surface area contributed by atoms with Gasteiger partial charge in [0.25, 0.3) is 5.91 Å². The van der Waals surface area contributed by atoms with E-state index in [2.05, 4.69) is 5.32 Å². The maximum absolute atomic E-state index is 12.2. The van der Waals surface area contributed by atoms with Gasteiger partial charge in [-0.2, -0.15) is 4.57 Å². The van der Waals surface area contributed by atoms with Crippen LogP contribution in [0.1, 0.15) is 5.56 Å². The van der Waals surface area contributed by atoms with Crippen LogP contribution in [0.4, 0.5) is 5.69 Å². The molecular weight excluding hydrogens is 350 g/mol. The van der Waals surface area contributed by atoms with Crippen LogP contribution in [-0.2, 0) is 21.4 Å². The fraction of sp³-hybridized carbons (Fsp3) is 0.250. The third-order valence-corrected chi connectivity index (χ3v) is 5.52. The zero-order chi connectivity index (χ0) is 17.9. The normalized spacial score (nSPS) is 11.5. The van der Waals surface area contributed by atoms with E-state index < -0.39 is 10.0 Å². The van der Waals surface area contributed by atoms with Crippen LogP contribution in [0.3, 0.4) is 0 Å². The van der Waals surface area contributed by atoms with Gasteiger partial charge in [0.15, 0.2) is 12.4 Å². The molecule has 0 spiro atoms. The van der Waals surface area contributed by atoms with E-state index in [1.807, 2.05) is 19.1 Å². The highest BCUT2D eigenvalue weighted by Crippen LogP contribution is 2.26. The molecule has 24 heavy (non-hydrogen) atoms. The Bertz CT molecular complexity index is 849. The molecule has 1 amide bonds. The van der Waals surface area contributed by atoms with Crippen LogP contribution in [0.5, 0.6) is 0 Å². The van der Waals surface area contributed by atoms with Crippen molar-refractivity contribution in [3.05, 3.63) is 53.3 Å². The van der Waals surface area contributed by atoms with E-state index in [1.165, 1.54) is 32.3 Å². The van der Waals surface area contributed by atoms with Gasteiger partial charge in [0, 0.05) is 26.2 Å². The van der Waals surface area contributed by atoms with Crippen LogP contribution in [0.15, 0.2) is 47.6 Å². The van der Waals surface area contributed by atoms with Gasteiger partial charge in [-0.1, -0.05) is 11.6 Å². The van der Waals surface area contributed by atoms with E-state index in [0.29, 0.717) is 0 Å². The van der Waals surface area contributed by atoms with E-state index in [-0.39, 0.29) is 28.1 Å². The number of hydrogen-bond donors (Lipinski definition) is 1. The molecule has 0 fully saturated rings. The van der Waals surface area contributed by atoms with Gasteiger partial charge in [-0.3, -0.25) is 4.79 Å². The van der Waals surface area contributed by atoms with Gasteiger partial charge in [-0.05, 0) is 30.7 Å². The maximum Gasteiger partial charge on any atom is 0.290 e. The summed E-state index contributed by atoms with van der Waals surface area (Å²) in [5.41, 5.74) is 1.36. The van der Waals surface area contributed by atoms with Crippen LogP contribution >= 0.6 is 11.6 Å². The van der Waals surface area contributed by atoms with Crippen LogP contribution in [0.2, 0.25) is 5.02 Å². The van der Waals surface area contributed by atoms with Crippen LogP contribution in [0.25, 0.3) is 0 Å². The third-order valence-electron chi connectivity index (χ3n) is 3.37. The summed E-state index contributed by atoms with van der Waals surface area (Å²) in [6.45, 7) is 2.06. The number of aromatic nitrogens is 1. The average Bonchev–Trinajstić information content (AvgIpc) is 2.51. The molecule has 2 aromatic rings. The maximum atomic E-state index is 12.2. The highest BCUT2D eigenvalue weighted by atomic mass is 35.5. The number of nitrogens with one attached hydrogen (secondary N) is 1. The number of halogens is 1. The first kappa shape index (κ1) is 18.4. The number of nitrogens with zero attached hydrogens (tertiary/aromatic N) is 2. The average molecular weight is 369 g/mol. The van der Waals surface area contributed by atoms with Gasteiger partial charge in [-0.25, -0.2) is 12.7 Å². The minimum Gasteiger partial charge on any atom is -0.319 e. The van der Waals surface area contributed by atoms with Gasteiger partial charge in [0.2, 0.25) is 16.6 Å². The topological polar surface area (TPSA) is 70.4 Å². The van der Waals surface area contributed by atoms with Crippen molar-refractivity contribution in [2.24, 2.45) is 0 Å². The lowest BCUT2D eigenvalue weighted by atomic mass is 10.3. The lowest BCUT2D eigenvalue weighted by Crippen LogP contribution is -2.39. The molecule has 0 unspecified atom stereocenters. The number of carbonyl (C=O) groups excluding carboxylic acids is 1. The second kappa shape index (κ2) is 7.29. The number of anilines is 1. The van der Waals surface area contributed by atoms with Crippen molar-refractivity contribution in [3.8, 4) is 0 Å². The van der Waals surface area contributed by atoms with Crippen molar-refractivity contribution in [2.75, 3.05) is 19.4 Å². The Labute approximate surface area is 146 Å². The third kappa shape index (κ3) is 4.31. The van der Waals surface area contributed by atoms with Crippen molar-refractivity contribution >= 4 is 33.2 Å². The second-order valence-corrected chi connectivity index (χ2v) is 8.08. The largest absolute Gasteiger partial charge is 0.319 e. The minimum atomic E-state index is -3.60. The summed E-state index contributed by atoms with van der Waals surface area (Å²) in [5, 5.41) is 2.92. The quantitative estimate of drug-likeness (QED) is 0.818. The molecule has 0 atom stereocenters. The molecule has 0 saturated heterocycles. The van der Waals surface area contributed by atoms with Crippen LogP contribution in [-0.4, -0.2) is 32.7 Å². The molecule has 1 N–H and O–H groups in total. The molecule has 0 aliphatic carbocycles. The Morgan fingerprint density at radius 1 is 1.21 bits per heavy atom. The van der Waals surface area contributed by atoms with Crippen molar-refractivity contribution in [2.45, 2.75) is 18.4 Å². The number of pyridine rings is 1. The summed E-state index contributed by atoms with van der Waals surface area (Å²) in [6, 6.07) is 8.00. The number of amides is 1. The molecule has 0 radical (unpaired) electrons. The molecule has 0 aliphatic rings. The van der Waals surface area contributed by atoms with E-state index in [4.69, 9.17) is 11.6 Å². The Hall–Kier alpha value is -1.96. The highest BCUT2D eigenvalue weighted by molar-refractivity contribution is 7.89. The first-order valence-electron chi connectivity index (χ1n) is 7.18. The predicted molar refractivity (Wildman–Crippen MR) is 92.3 cm³/mol. The van der Waals surface area contributed by atoms with E-state index in [1.54, 1.807) is 17.0 Å². The number of rotatable bonds is 5. The van der Waals surface area contributed by atoms with Crippen molar-refractivity contribution < 1.29 is 17.8 Å². The Kier molecular flexibility index (Phi) is 5.58. The van der Waals surface area contributed by atoms with Gasteiger partial charge >= 0.3 is 0 Å². The lowest BCUT2D eigenvalue weighted by molar-refractivity contribution is -0.684. The zero-order valence-corrected chi connectivity index (χ0v) is 15.2. The molecule has 0 bridgehead atoms. The molecule has 1 aromatic heterocycles. The molecule has 0 aliphatic heterocycles. The molecule has 128 valence electrons. The lowest BCUT2D eigenvalue weighted by Gasteiger charge is -2.13. The van der Waals surface area contributed by atoms with E-state index >= 15 is 0 Å². The summed E-state index contributed by atoms with van der Waals surface area (Å²) < 4.78 is 27.2. The summed E-state index contributed by atoms with van der Waals surface area (Å²) in [7, 11) is -0.716. The highest BCUT2D eigenvalue weighted by Gasteiger charge is 2.19. The first-order chi connectivity index (χ1) is 11.2. The Morgan fingerprint density at radius 3 is 2.42 bits per heavy atom. The standard InChI is InChI=1S/C16H18ClN3O3S/c1-12-6-8-20(9-7-12)11-16(21)18-15-10-13(4-5-14(15)17)24(22,23)19(2)3/h4-10H,11H2,1-3H3/p+1. The molecule has 1 aromatic carbocycles. The fourth-order valence-corrected chi connectivity index (χ4v) is 3.06. The molecule has 0 saturated carbocycles. The van der Waals surface area contributed by atoms with Gasteiger partial charge in [0.05, 0.1) is 15.6 Å². The molecule has 2 rings (SSSR count). The summed E-state index contributed by atoms with van der Waals surface area (Å²) in [5.74, 6) is -0.301. The molecule has 1 heterocycles. The van der Waals surface area contributed by atoms with Gasteiger partial charge in [0.1, 0.15) is 0 Å². The van der Waals surface area contributed by atoms with Crippen molar-refractivity contribution in [1.82, 2.24) is 4.31 Å². The summed E-state index contributed by atoms with van der Waals surface area (Å²) in [4.78, 5) is 12.2. The molecule has 8 heteroatoms. The van der Waals surface area contributed by atoms with Gasteiger partial charge in [-0.15, -0.1) is 0 Å². The van der Waals surface area contributed by atoms with Crippen molar-refractivity contribution in [3.63, 3.8) is 0 Å². The number of hydrogen-bond acceptors (Lipinski definition) is 3. The fourth-order valence-electron chi connectivity index (χ4n) is 1.96. The monoisotopic (exact) mass is 368 g/mol. The number of benzene rings is 1. The Morgan fingerprint density at radius 2 is 1.83 bits per heavy atom. The van der Waals surface area contributed by atoms with Crippen molar-refractivity contribution in [1.29, 1.82) is 0 Å². The summed E-state index contributed by atoms with van der Waals surface area (Å²) >= 11 is 6.06. The predicted octanol–water partition coefficient (Wildman–Crippen LogP) is 1.82. The molecule has 6 nitrogen and oxygen atoms in total.